The van der Waals surface area contributed by atoms with E-state index < -0.39 is 5.97 Å². The highest BCUT2D eigenvalue weighted by Crippen LogP contribution is 2.06. The Bertz CT molecular complexity index is 152. The number of hydrogen-bond donors (Lipinski definition) is 3. The van der Waals surface area contributed by atoms with Gasteiger partial charge in [-0.1, -0.05) is 25.7 Å². The van der Waals surface area contributed by atoms with Crippen LogP contribution in [0.25, 0.3) is 0 Å². The van der Waals surface area contributed by atoms with Gasteiger partial charge in [0.05, 0.1) is 0 Å². The molecule has 0 aromatic rings. The number of hydrogen-bond acceptors (Lipinski definition) is 3. The summed E-state index contributed by atoms with van der Waals surface area (Å²) in [5, 5.41) is 14.7. The molecule has 0 aliphatic rings. The minimum atomic E-state index is -0.675. The van der Waals surface area contributed by atoms with Crippen LogP contribution in [0.3, 0.4) is 0 Å². The minimum Gasteiger partial charge on any atom is -0.481 e. The molecule has 0 spiro atoms. The van der Waals surface area contributed by atoms with Crippen LogP contribution in [0.2, 0.25) is 0 Å². The van der Waals surface area contributed by atoms with E-state index in [1.54, 1.807) is 0 Å². The van der Waals surface area contributed by atoms with E-state index in [1.807, 2.05) is 7.05 Å². The quantitative estimate of drug-likeness (QED) is 0.362. The number of carbonyl (C=O) groups is 1. The molecule has 0 rings (SSSR count). The Labute approximate surface area is 92.4 Å². The summed E-state index contributed by atoms with van der Waals surface area (Å²) in [4.78, 5) is 10.2. The van der Waals surface area contributed by atoms with Crippen molar-refractivity contribution >= 4 is 5.97 Å². The molecule has 0 saturated carbocycles. The number of aliphatic carboxylic acids is 1. The van der Waals surface area contributed by atoms with Crippen LogP contribution in [0.15, 0.2) is 0 Å². The fraction of sp³-hybridized carbons (Fsp3) is 0.909. The lowest BCUT2D eigenvalue weighted by Gasteiger charge is -2.03. The number of carboxylic acid groups (broad SMARTS) is 1. The van der Waals surface area contributed by atoms with Crippen LogP contribution in [0.4, 0.5) is 0 Å². The molecule has 0 amide bonds. The second kappa shape index (κ2) is 11.5. The largest absolute Gasteiger partial charge is 0.481 e. The monoisotopic (exact) mass is 216 g/mol. The van der Waals surface area contributed by atoms with Crippen LogP contribution >= 0.6 is 0 Å². The molecular weight excluding hydrogens is 192 g/mol. The molecule has 3 N–H and O–H groups in total. The van der Waals surface area contributed by atoms with Crippen molar-refractivity contribution < 1.29 is 9.90 Å². The molecule has 0 fully saturated rings. The predicted molar refractivity (Wildman–Crippen MR) is 61.9 cm³/mol. The lowest BCUT2D eigenvalue weighted by molar-refractivity contribution is -0.137. The molecule has 0 aromatic carbocycles. The van der Waals surface area contributed by atoms with Crippen molar-refractivity contribution in [2.24, 2.45) is 0 Å². The Morgan fingerprint density at radius 3 is 2.27 bits per heavy atom. The van der Waals surface area contributed by atoms with Crippen LogP contribution in [0.5, 0.6) is 0 Å². The predicted octanol–water partition coefficient (Wildman–Crippen LogP) is 1.57. The number of rotatable bonds is 11. The molecule has 0 unspecified atom stereocenters. The summed E-state index contributed by atoms with van der Waals surface area (Å²) in [5.41, 5.74) is 0. The zero-order valence-electron chi connectivity index (χ0n) is 9.72. The summed E-state index contributed by atoms with van der Waals surface area (Å²) >= 11 is 0. The molecule has 0 bridgehead atoms. The molecule has 0 aliphatic heterocycles. The summed E-state index contributed by atoms with van der Waals surface area (Å²) in [7, 11) is 1.93. The summed E-state index contributed by atoms with van der Waals surface area (Å²) in [5.74, 6) is -0.675. The first kappa shape index (κ1) is 14.4. The van der Waals surface area contributed by atoms with Crippen LogP contribution < -0.4 is 10.6 Å². The summed E-state index contributed by atoms with van der Waals surface area (Å²) in [6.45, 7) is 1.94. The smallest absolute Gasteiger partial charge is 0.303 e. The number of nitrogens with one attached hydrogen (secondary N) is 2. The lowest BCUT2D eigenvalue weighted by Crippen LogP contribution is -2.26. The Kier molecular flexibility index (Phi) is 11.0. The topological polar surface area (TPSA) is 61.4 Å². The van der Waals surface area contributed by atoms with Gasteiger partial charge in [0, 0.05) is 13.1 Å². The third kappa shape index (κ3) is 13.4. The Morgan fingerprint density at radius 2 is 1.67 bits per heavy atom. The van der Waals surface area contributed by atoms with E-state index in [9.17, 15) is 4.79 Å². The van der Waals surface area contributed by atoms with E-state index in [1.165, 1.54) is 25.7 Å². The molecule has 0 radical (unpaired) electrons. The van der Waals surface area contributed by atoms with Gasteiger partial charge in [0.1, 0.15) is 0 Å². The maximum atomic E-state index is 10.2. The van der Waals surface area contributed by atoms with Crippen molar-refractivity contribution in [1.82, 2.24) is 10.6 Å². The van der Waals surface area contributed by atoms with Crippen molar-refractivity contribution in [1.29, 1.82) is 0 Å². The van der Waals surface area contributed by atoms with Gasteiger partial charge in [0.25, 0.3) is 0 Å². The molecule has 0 aromatic heterocycles. The van der Waals surface area contributed by atoms with E-state index in [0.717, 1.165) is 26.1 Å². The zero-order valence-corrected chi connectivity index (χ0v) is 9.72. The highest BCUT2D eigenvalue weighted by Gasteiger charge is 1.96. The van der Waals surface area contributed by atoms with Gasteiger partial charge in [-0.3, -0.25) is 4.79 Å². The molecule has 0 heterocycles. The van der Waals surface area contributed by atoms with Gasteiger partial charge in [0.2, 0.25) is 0 Å². The summed E-state index contributed by atoms with van der Waals surface area (Å²) < 4.78 is 0. The number of carboxylic acids is 1. The normalized spacial score (nSPS) is 10.5. The molecule has 90 valence electrons. The minimum absolute atomic E-state index is 0.323. The number of unbranched alkanes of at least 4 members (excludes halogenated alkanes) is 5. The van der Waals surface area contributed by atoms with Crippen molar-refractivity contribution in [3.05, 3.63) is 0 Å². The van der Waals surface area contributed by atoms with Crippen LogP contribution in [-0.2, 0) is 4.79 Å². The van der Waals surface area contributed by atoms with E-state index >= 15 is 0 Å². The molecule has 4 heteroatoms. The first-order valence-electron chi connectivity index (χ1n) is 5.84. The van der Waals surface area contributed by atoms with Crippen molar-refractivity contribution in [3.8, 4) is 0 Å². The average Bonchev–Trinajstić information content (AvgIpc) is 2.20. The summed E-state index contributed by atoms with van der Waals surface area (Å²) in [6, 6.07) is 0. The van der Waals surface area contributed by atoms with Crippen molar-refractivity contribution in [2.45, 2.75) is 44.9 Å². The first-order valence-corrected chi connectivity index (χ1v) is 5.84. The zero-order chi connectivity index (χ0) is 11.4. The van der Waals surface area contributed by atoms with Gasteiger partial charge < -0.3 is 15.7 Å². The second-order valence-electron chi connectivity index (χ2n) is 3.80. The molecule has 0 aliphatic carbocycles. The van der Waals surface area contributed by atoms with E-state index in [-0.39, 0.29) is 0 Å². The third-order valence-electron chi connectivity index (χ3n) is 2.30. The summed E-state index contributed by atoms with van der Waals surface area (Å²) in [6.07, 6.45) is 7.04. The highest BCUT2D eigenvalue weighted by molar-refractivity contribution is 5.66. The third-order valence-corrected chi connectivity index (χ3v) is 2.30. The molecular formula is C11H24N2O2. The SMILES string of the molecule is CNCNCCCCCCCCC(=O)O. The van der Waals surface area contributed by atoms with Crippen LogP contribution in [0, 0.1) is 0 Å². The second-order valence-corrected chi connectivity index (χ2v) is 3.80. The van der Waals surface area contributed by atoms with E-state index in [0.29, 0.717) is 6.42 Å². The lowest BCUT2D eigenvalue weighted by atomic mass is 10.1. The first-order chi connectivity index (χ1) is 7.27. The maximum Gasteiger partial charge on any atom is 0.303 e. The van der Waals surface area contributed by atoms with E-state index in [2.05, 4.69) is 10.6 Å². The Morgan fingerprint density at radius 1 is 1.07 bits per heavy atom. The fourth-order valence-corrected chi connectivity index (χ4v) is 1.45. The van der Waals surface area contributed by atoms with Gasteiger partial charge in [-0.05, 0) is 26.4 Å². The van der Waals surface area contributed by atoms with Gasteiger partial charge in [0.15, 0.2) is 0 Å². The average molecular weight is 216 g/mol. The van der Waals surface area contributed by atoms with Crippen LogP contribution in [-0.4, -0.2) is 31.3 Å². The molecule has 4 nitrogen and oxygen atoms in total. The van der Waals surface area contributed by atoms with Gasteiger partial charge in [-0.2, -0.15) is 0 Å². The van der Waals surface area contributed by atoms with Gasteiger partial charge in [-0.15, -0.1) is 0 Å². The maximum absolute atomic E-state index is 10.2. The Balaban J connectivity index is 2.89. The molecule has 0 atom stereocenters. The standard InChI is InChI=1S/C11H24N2O2/c1-12-10-13-9-7-5-3-2-4-6-8-11(14)15/h12-13H,2-10H2,1H3,(H,14,15). The Hall–Kier alpha value is -0.610. The molecule has 0 saturated heterocycles. The van der Waals surface area contributed by atoms with Crippen molar-refractivity contribution in [3.63, 3.8) is 0 Å². The molecule has 15 heavy (non-hydrogen) atoms. The van der Waals surface area contributed by atoms with Gasteiger partial charge in [-0.25, -0.2) is 0 Å². The van der Waals surface area contributed by atoms with Crippen molar-refractivity contribution in [2.75, 3.05) is 20.3 Å². The van der Waals surface area contributed by atoms with Crippen LogP contribution in [0.1, 0.15) is 44.9 Å². The van der Waals surface area contributed by atoms with Gasteiger partial charge >= 0.3 is 5.97 Å². The van der Waals surface area contributed by atoms with E-state index in [4.69, 9.17) is 5.11 Å². The fourth-order valence-electron chi connectivity index (χ4n) is 1.45. The highest BCUT2D eigenvalue weighted by atomic mass is 16.4.